The Bertz CT molecular complexity index is 775. The highest BCUT2D eigenvalue weighted by Crippen LogP contribution is 2.15. The minimum atomic E-state index is -0.962. The molecule has 1 aromatic carbocycles. The highest BCUT2D eigenvalue weighted by atomic mass is 16.4. The van der Waals surface area contributed by atoms with Crippen molar-refractivity contribution < 1.29 is 15.0 Å². The standard InChI is InChI=1S/C15H12N2O3/c18-13-3-1-10(2-4-13)7-12-9-17-6-5-11(15(19)20)8-14(17)16-12/h1-6,8-9,18H,7H2,(H,19,20). The van der Waals surface area contributed by atoms with Crippen LogP contribution in [0.4, 0.5) is 0 Å². The molecule has 2 heterocycles. The minimum Gasteiger partial charge on any atom is -0.508 e. The summed E-state index contributed by atoms with van der Waals surface area (Å²) in [6.07, 6.45) is 4.18. The van der Waals surface area contributed by atoms with Crippen LogP contribution in [0.5, 0.6) is 5.75 Å². The van der Waals surface area contributed by atoms with E-state index in [9.17, 15) is 9.90 Å². The fraction of sp³-hybridized carbons (Fsp3) is 0.0667. The van der Waals surface area contributed by atoms with Crippen LogP contribution in [0.25, 0.3) is 5.65 Å². The molecule has 20 heavy (non-hydrogen) atoms. The summed E-state index contributed by atoms with van der Waals surface area (Å²) in [5.74, 6) is -0.731. The summed E-state index contributed by atoms with van der Waals surface area (Å²) >= 11 is 0. The maximum absolute atomic E-state index is 10.9. The lowest BCUT2D eigenvalue weighted by molar-refractivity contribution is 0.0697. The number of fused-ring (bicyclic) bond motifs is 1. The van der Waals surface area contributed by atoms with Crippen LogP contribution in [0.15, 0.2) is 48.8 Å². The van der Waals surface area contributed by atoms with Crippen molar-refractivity contribution in [2.24, 2.45) is 0 Å². The third kappa shape index (κ3) is 2.33. The number of benzene rings is 1. The Morgan fingerprint density at radius 2 is 1.95 bits per heavy atom. The molecular weight excluding hydrogens is 256 g/mol. The van der Waals surface area contributed by atoms with Gasteiger partial charge in [-0.05, 0) is 29.8 Å². The number of carbonyl (C=O) groups is 1. The molecule has 0 saturated heterocycles. The smallest absolute Gasteiger partial charge is 0.335 e. The molecular formula is C15H12N2O3. The van der Waals surface area contributed by atoms with E-state index in [1.165, 1.54) is 0 Å². The lowest BCUT2D eigenvalue weighted by Gasteiger charge is -1.97. The fourth-order valence-electron chi connectivity index (χ4n) is 2.08. The van der Waals surface area contributed by atoms with Crippen LogP contribution >= 0.6 is 0 Å². The minimum absolute atomic E-state index is 0.222. The normalized spacial score (nSPS) is 10.8. The van der Waals surface area contributed by atoms with Crippen molar-refractivity contribution >= 4 is 11.6 Å². The third-order valence-electron chi connectivity index (χ3n) is 3.08. The number of aromatic carboxylic acids is 1. The van der Waals surface area contributed by atoms with Crippen LogP contribution < -0.4 is 0 Å². The number of hydrogen-bond donors (Lipinski definition) is 2. The highest BCUT2D eigenvalue weighted by molar-refractivity contribution is 5.88. The molecule has 0 saturated carbocycles. The van der Waals surface area contributed by atoms with Gasteiger partial charge in [0, 0.05) is 18.8 Å². The van der Waals surface area contributed by atoms with Gasteiger partial charge in [-0.15, -0.1) is 0 Å². The summed E-state index contributed by atoms with van der Waals surface area (Å²) < 4.78 is 1.79. The second-order valence-corrected chi connectivity index (χ2v) is 4.56. The molecule has 2 N–H and O–H groups in total. The molecule has 5 heteroatoms. The summed E-state index contributed by atoms with van der Waals surface area (Å²) in [7, 11) is 0. The predicted octanol–water partition coefficient (Wildman–Crippen LogP) is 2.33. The molecule has 0 aliphatic carbocycles. The number of rotatable bonds is 3. The Morgan fingerprint density at radius 1 is 1.20 bits per heavy atom. The monoisotopic (exact) mass is 268 g/mol. The Kier molecular flexibility index (Phi) is 2.87. The van der Waals surface area contributed by atoms with Crippen LogP contribution in [-0.4, -0.2) is 25.6 Å². The number of carboxylic acid groups (broad SMARTS) is 1. The van der Waals surface area contributed by atoms with E-state index in [4.69, 9.17) is 5.11 Å². The van der Waals surface area contributed by atoms with Crippen molar-refractivity contribution in [2.75, 3.05) is 0 Å². The molecule has 2 aromatic heterocycles. The summed E-state index contributed by atoms with van der Waals surface area (Å²) in [4.78, 5) is 15.3. The summed E-state index contributed by atoms with van der Waals surface area (Å²) in [6, 6.07) is 10.0. The molecule has 3 aromatic rings. The van der Waals surface area contributed by atoms with Crippen LogP contribution in [0, 0.1) is 0 Å². The number of pyridine rings is 1. The molecule has 100 valence electrons. The molecule has 5 nitrogen and oxygen atoms in total. The summed E-state index contributed by atoms with van der Waals surface area (Å²) in [5.41, 5.74) is 2.71. The molecule has 3 rings (SSSR count). The van der Waals surface area contributed by atoms with Gasteiger partial charge in [-0.3, -0.25) is 0 Å². The second kappa shape index (κ2) is 4.70. The predicted molar refractivity (Wildman–Crippen MR) is 73.1 cm³/mol. The first-order chi connectivity index (χ1) is 9.61. The lowest BCUT2D eigenvalue weighted by Crippen LogP contribution is -1.96. The Labute approximate surface area is 114 Å². The van der Waals surface area contributed by atoms with E-state index in [-0.39, 0.29) is 11.3 Å². The summed E-state index contributed by atoms with van der Waals surface area (Å²) in [5, 5.41) is 18.2. The van der Waals surface area contributed by atoms with Crippen molar-refractivity contribution in [1.29, 1.82) is 0 Å². The van der Waals surface area contributed by atoms with Gasteiger partial charge in [0.25, 0.3) is 0 Å². The lowest BCUT2D eigenvalue weighted by atomic mass is 10.1. The van der Waals surface area contributed by atoms with E-state index >= 15 is 0 Å². The van der Waals surface area contributed by atoms with Gasteiger partial charge in [-0.25, -0.2) is 9.78 Å². The average Bonchev–Trinajstić information content (AvgIpc) is 2.82. The Morgan fingerprint density at radius 3 is 2.65 bits per heavy atom. The van der Waals surface area contributed by atoms with Crippen molar-refractivity contribution in [1.82, 2.24) is 9.38 Å². The fourth-order valence-corrected chi connectivity index (χ4v) is 2.08. The Hall–Kier alpha value is -2.82. The van der Waals surface area contributed by atoms with E-state index in [2.05, 4.69) is 4.98 Å². The number of nitrogens with zero attached hydrogens (tertiary/aromatic N) is 2. The van der Waals surface area contributed by atoms with Gasteiger partial charge in [-0.2, -0.15) is 0 Å². The van der Waals surface area contributed by atoms with Crippen molar-refractivity contribution in [2.45, 2.75) is 6.42 Å². The SMILES string of the molecule is O=C(O)c1ccn2cc(Cc3ccc(O)cc3)nc2c1. The van der Waals surface area contributed by atoms with Gasteiger partial charge in [0.1, 0.15) is 11.4 Å². The maximum atomic E-state index is 10.9. The number of aromatic hydroxyl groups is 1. The Balaban J connectivity index is 1.92. The van der Waals surface area contributed by atoms with Gasteiger partial charge in [0.15, 0.2) is 0 Å². The maximum Gasteiger partial charge on any atom is 0.335 e. The van der Waals surface area contributed by atoms with E-state index in [1.807, 2.05) is 18.3 Å². The van der Waals surface area contributed by atoms with E-state index < -0.39 is 5.97 Å². The van der Waals surface area contributed by atoms with Crippen LogP contribution in [-0.2, 0) is 6.42 Å². The van der Waals surface area contributed by atoms with E-state index in [0.717, 1.165) is 11.3 Å². The van der Waals surface area contributed by atoms with Crippen molar-refractivity contribution in [3.05, 3.63) is 65.6 Å². The molecule has 0 aliphatic heterocycles. The van der Waals surface area contributed by atoms with Crippen molar-refractivity contribution in [3.63, 3.8) is 0 Å². The zero-order valence-corrected chi connectivity index (χ0v) is 10.5. The van der Waals surface area contributed by atoms with E-state index in [1.54, 1.807) is 34.9 Å². The highest BCUT2D eigenvalue weighted by Gasteiger charge is 2.07. The molecule has 0 atom stereocenters. The number of imidazole rings is 1. The number of aromatic nitrogens is 2. The first-order valence-corrected chi connectivity index (χ1v) is 6.11. The number of phenols is 1. The molecule has 0 fully saturated rings. The van der Waals surface area contributed by atoms with Gasteiger partial charge in [-0.1, -0.05) is 12.1 Å². The number of carboxylic acids is 1. The van der Waals surface area contributed by atoms with E-state index in [0.29, 0.717) is 12.1 Å². The molecule has 0 spiro atoms. The molecule has 0 bridgehead atoms. The van der Waals surface area contributed by atoms with Crippen LogP contribution in [0.1, 0.15) is 21.6 Å². The first-order valence-electron chi connectivity index (χ1n) is 6.11. The molecule has 0 aliphatic rings. The van der Waals surface area contributed by atoms with Gasteiger partial charge in [0.05, 0.1) is 11.3 Å². The summed E-state index contributed by atoms with van der Waals surface area (Å²) in [6.45, 7) is 0. The second-order valence-electron chi connectivity index (χ2n) is 4.56. The zero-order valence-electron chi connectivity index (χ0n) is 10.5. The third-order valence-corrected chi connectivity index (χ3v) is 3.08. The molecule has 0 unspecified atom stereocenters. The topological polar surface area (TPSA) is 74.8 Å². The zero-order chi connectivity index (χ0) is 14.1. The van der Waals surface area contributed by atoms with Crippen LogP contribution in [0.2, 0.25) is 0 Å². The first kappa shape index (κ1) is 12.2. The van der Waals surface area contributed by atoms with Gasteiger partial charge in [0.2, 0.25) is 0 Å². The quantitative estimate of drug-likeness (QED) is 0.764. The van der Waals surface area contributed by atoms with Gasteiger partial charge < -0.3 is 14.6 Å². The number of hydrogen-bond acceptors (Lipinski definition) is 3. The number of phenolic OH excluding ortho intramolecular Hbond substituents is 1. The molecule has 0 radical (unpaired) electrons. The van der Waals surface area contributed by atoms with Crippen LogP contribution in [0.3, 0.4) is 0 Å². The largest absolute Gasteiger partial charge is 0.508 e. The average molecular weight is 268 g/mol. The van der Waals surface area contributed by atoms with Crippen molar-refractivity contribution in [3.8, 4) is 5.75 Å². The molecule has 0 amide bonds. The van der Waals surface area contributed by atoms with Gasteiger partial charge >= 0.3 is 5.97 Å².